The van der Waals surface area contributed by atoms with Crippen molar-refractivity contribution < 1.29 is 9.59 Å². The first kappa shape index (κ1) is 19.4. The average molecular weight is 395 g/mol. The van der Waals surface area contributed by atoms with E-state index in [0.29, 0.717) is 27.8 Å². The van der Waals surface area contributed by atoms with Gasteiger partial charge >= 0.3 is 0 Å². The molecule has 0 bridgehead atoms. The van der Waals surface area contributed by atoms with Crippen molar-refractivity contribution in [3.05, 3.63) is 77.1 Å². The number of carbonyl (C=O) groups excluding carboxylic acids is 2. The van der Waals surface area contributed by atoms with Gasteiger partial charge in [-0.25, -0.2) is 4.68 Å². The molecule has 1 heterocycles. The number of aryl methyl sites for hydroxylation is 1. The van der Waals surface area contributed by atoms with E-state index in [0.717, 1.165) is 5.69 Å². The molecule has 6 nitrogen and oxygen atoms in total. The van der Waals surface area contributed by atoms with Crippen molar-refractivity contribution in [2.24, 2.45) is 0 Å². The Bertz CT molecular complexity index is 1040. The molecule has 0 atom stereocenters. The van der Waals surface area contributed by atoms with Crippen molar-refractivity contribution >= 4 is 40.9 Å². The molecule has 3 rings (SSSR count). The van der Waals surface area contributed by atoms with Crippen molar-refractivity contribution in [3.8, 4) is 5.69 Å². The van der Waals surface area contributed by atoms with Crippen LogP contribution in [0.3, 0.4) is 0 Å². The minimum atomic E-state index is -0.317. The Hall–Kier alpha value is -3.38. The SMILES string of the molecule is CC(=O)Nc1cccc(NC(=O)/C=C/c2c(C)nn(-c3ccccc3)c2Cl)c1. The molecule has 142 valence electrons. The molecule has 0 saturated carbocycles. The van der Waals surface area contributed by atoms with Gasteiger partial charge < -0.3 is 10.6 Å². The fourth-order valence-electron chi connectivity index (χ4n) is 2.66. The van der Waals surface area contributed by atoms with Gasteiger partial charge in [0, 0.05) is 29.9 Å². The molecule has 0 aliphatic rings. The number of benzene rings is 2. The first-order valence-electron chi connectivity index (χ1n) is 8.61. The highest BCUT2D eigenvalue weighted by Gasteiger charge is 2.12. The zero-order valence-electron chi connectivity index (χ0n) is 15.4. The number of rotatable bonds is 5. The van der Waals surface area contributed by atoms with Crippen molar-refractivity contribution in [2.75, 3.05) is 10.6 Å². The number of carbonyl (C=O) groups is 2. The summed E-state index contributed by atoms with van der Waals surface area (Å²) in [4.78, 5) is 23.4. The minimum Gasteiger partial charge on any atom is -0.326 e. The number of nitrogens with zero attached hydrogens (tertiary/aromatic N) is 2. The van der Waals surface area contributed by atoms with Gasteiger partial charge in [0.1, 0.15) is 5.15 Å². The van der Waals surface area contributed by atoms with Crippen LogP contribution in [-0.2, 0) is 9.59 Å². The summed E-state index contributed by atoms with van der Waals surface area (Å²) in [7, 11) is 0. The quantitative estimate of drug-likeness (QED) is 0.628. The molecule has 0 fully saturated rings. The van der Waals surface area contributed by atoms with Crippen LogP contribution in [0, 0.1) is 6.92 Å². The summed E-state index contributed by atoms with van der Waals surface area (Å²) < 4.78 is 1.63. The normalized spacial score (nSPS) is 10.8. The predicted molar refractivity (Wildman–Crippen MR) is 112 cm³/mol. The van der Waals surface area contributed by atoms with Crippen LogP contribution in [-0.4, -0.2) is 21.6 Å². The molecular formula is C21H19ClN4O2. The zero-order chi connectivity index (χ0) is 20.1. The Labute approximate surface area is 167 Å². The lowest BCUT2D eigenvalue weighted by Gasteiger charge is -2.06. The van der Waals surface area contributed by atoms with Gasteiger partial charge in [0.2, 0.25) is 11.8 Å². The van der Waals surface area contributed by atoms with Crippen molar-refractivity contribution in [2.45, 2.75) is 13.8 Å². The number of nitrogens with one attached hydrogen (secondary N) is 2. The fraction of sp³-hybridized carbons (Fsp3) is 0.0952. The predicted octanol–water partition coefficient (Wildman–Crippen LogP) is 4.44. The van der Waals surface area contributed by atoms with Gasteiger partial charge in [-0.2, -0.15) is 5.10 Å². The Morgan fingerprint density at radius 2 is 1.71 bits per heavy atom. The molecule has 2 aromatic carbocycles. The number of hydrogen-bond donors (Lipinski definition) is 2. The van der Waals surface area contributed by atoms with Gasteiger partial charge in [-0.3, -0.25) is 9.59 Å². The summed E-state index contributed by atoms with van der Waals surface area (Å²) in [5.41, 5.74) is 3.41. The van der Waals surface area contributed by atoms with Crippen LogP contribution in [0.25, 0.3) is 11.8 Å². The van der Waals surface area contributed by atoms with Gasteiger partial charge in [0.05, 0.1) is 11.4 Å². The van der Waals surface area contributed by atoms with Crippen LogP contribution < -0.4 is 10.6 Å². The summed E-state index contributed by atoms with van der Waals surface area (Å²) in [6.45, 7) is 3.26. The van der Waals surface area contributed by atoms with E-state index in [4.69, 9.17) is 11.6 Å². The lowest BCUT2D eigenvalue weighted by atomic mass is 10.2. The summed E-state index contributed by atoms with van der Waals surface area (Å²) >= 11 is 6.45. The van der Waals surface area contributed by atoms with Gasteiger partial charge in [0.25, 0.3) is 0 Å². The maximum absolute atomic E-state index is 12.3. The van der Waals surface area contributed by atoms with E-state index in [9.17, 15) is 9.59 Å². The van der Waals surface area contributed by atoms with Crippen LogP contribution in [0.4, 0.5) is 11.4 Å². The van der Waals surface area contributed by atoms with Crippen LogP contribution >= 0.6 is 11.6 Å². The highest BCUT2D eigenvalue weighted by molar-refractivity contribution is 6.31. The molecule has 3 aromatic rings. The zero-order valence-corrected chi connectivity index (χ0v) is 16.2. The lowest BCUT2D eigenvalue weighted by Crippen LogP contribution is -2.09. The number of amides is 2. The summed E-state index contributed by atoms with van der Waals surface area (Å²) in [5, 5.41) is 10.3. The molecule has 0 spiro atoms. The summed E-state index contributed by atoms with van der Waals surface area (Å²) in [6, 6.07) is 16.4. The number of anilines is 2. The minimum absolute atomic E-state index is 0.177. The topological polar surface area (TPSA) is 76.0 Å². The third kappa shape index (κ3) is 4.66. The average Bonchev–Trinajstić information content (AvgIpc) is 2.94. The molecule has 7 heteroatoms. The second kappa shape index (κ2) is 8.54. The van der Waals surface area contributed by atoms with Crippen LogP contribution in [0.5, 0.6) is 0 Å². The lowest BCUT2D eigenvalue weighted by molar-refractivity contribution is -0.114. The second-order valence-electron chi connectivity index (χ2n) is 6.12. The summed E-state index contributed by atoms with van der Waals surface area (Å²) in [5.74, 6) is -0.494. The second-order valence-corrected chi connectivity index (χ2v) is 6.48. The summed E-state index contributed by atoms with van der Waals surface area (Å²) in [6.07, 6.45) is 3.04. The maximum atomic E-state index is 12.3. The van der Waals surface area contributed by atoms with Gasteiger partial charge in [-0.15, -0.1) is 0 Å². The molecule has 1 aromatic heterocycles. The molecule has 0 aliphatic heterocycles. The Morgan fingerprint density at radius 1 is 1.04 bits per heavy atom. The number of halogens is 1. The van der Waals surface area contributed by atoms with Crippen LogP contribution in [0.1, 0.15) is 18.2 Å². The van der Waals surface area contributed by atoms with E-state index < -0.39 is 0 Å². The van der Waals surface area contributed by atoms with Gasteiger partial charge in [-0.05, 0) is 43.3 Å². The molecular weight excluding hydrogens is 376 g/mol. The van der Waals surface area contributed by atoms with Crippen molar-refractivity contribution in [3.63, 3.8) is 0 Å². The molecule has 0 unspecified atom stereocenters. The largest absolute Gasteiger partial charge is 0.326 e. The highest BCUT2D eigenvalue weighted by Crippen LogP contribution is 2.24. The smallest absolute Gasteiger partial charge is 0.248 e. The fourth-order valence-corrected chi connectivity index (χ4v) is 3.00. The standard InChI is InChI=1S/C21H19ClN4O2/c1-14-19(21(22)26(25-14)18-9-4-3-5-10-18)11-12-20(28)24-17-8-6-7-16(13-17)23-15(2)27/h3-13H,1-2H3,(H,23,27)(H,24,28)/b12-11+. The van der Waals surface area contributed by atoms with Gasteiger partial charge in [0.15, 0.2) is 0 Å². The third-order valence-electron chi connectivity index (χ3n) is 3.90. The van der Waals surface area contributed by atoms with E-state index in [1.165, 1.54) is 13.0 Å². The van der Waals surface area contributed by atoms with Crippen LogP contribution in [0.15, 0.2) is 60.7 Å². The first-order valence-corrected chi connectivity index (χ1v) is 8.99. The van der Waals surface area contributed by atoms with Gasteiger partial charge in [-0.1, -0.05) is 35.9 Å². The number of hydrogen-bond acceptors (Lipinski definition) is 3. The third-order valence-corrected chi connectivity index (χ3v) is 4.26. The van der Waals surface area contributed by atoms with Crippen molar-refractivity contribution in [1.82, 2.24) is 9.78 Å². The van der Waals surface area contributed by atoms with E-state index in [-0.39, 0.29) is 11.8 Å². The first-order chi connectivity index (χ1) is 13.4. The Kier molecular flexibility index (Phi) is 5.91. The van der Waals surface area contributed by atoms with Crippen LogP contribution in [0.2, 0.25) is 5.15 Å². The van der Waals surface area contributed by atoms with E-state index in [1.807, 2.05) is 37.3 Å². The molecule has 28 heavy (non-hydrogen) atoms. The molecule has 2 amide bonds. The monoisotopic (exact) mass is 394 g/mol. The number of para-hydroxylation sites is 1. The number of aromatic nitrogens is 2. The molecule has 0 radical (unpaired) electrons. The Morgan fingerprint density at radius 3 is 2.39 bits per heavy atom. The van der Waals surface area contributed by atoms with E-state index in [1.54, 1.807) is 35.0 Å². The molecule has 2 N–H and O–H groups in total. The Balaban J connectivity index is 1.75. The van der Waals surface area contributed by atoms with Crippen molar-refractivity contribution in [1.29, 1.82) is 0 Å². The highest BCUT2D eigenvalue weighted by atomic mass is 35.5. The van der Waals surface area contributed by atoms with E-state index >= 15 is 0 Å². The molecule has 0 aliphatic carbocycles. The molecule has 0 saturated heterocycles. The van der Waals surface area contributed by atoms with E-state index in [2.05, 4.69) is 15.7 Å². The maximum Gasteiger partial charge on any atom is 0.248 e.